The van der Waals surface area contributed by atoms with Crippen molar-refractivity contribution in [3.05, 3.63) is 17.0 Å². The molecule has 0 aromatic carbocycles. The monoisotopic (exact) mass is 228 g/mol. The molecule has 0 spiro atoms. The van der Waals surface area contributed by atoms with Gasteiger partial charge in [0.15, 0.2) is 0 Å². The summed E-state index contributed by atoms with van der Waals surface area (Å²) < 4.78 is 6.29. The molecular weight excluding hydrogens is 220 g/mol. The normalized spacial score (nSPS) is 16.1. The number of hydrogen-bond acceptors (Lipinski definition) is 3. The summed E-state index contributed by atoms with van der Waals surface area (Å²) in [4.78, 5) is 7.85. The topological polar surface area (TPSA) is 35.0 Å². The molecule has 1 aromatic rings. The van der Waals surface area contributed by atoms with E-state index in [4.69, 9.17) is 4.74 Å². The van der Waals surface area contributed by atoms with E-state index in [0.29, 0.717) is 5.88 Å². The fraction of sp³-hybridized carbons (Fsp3) is 0.500. The Labute approximate surface area is 79.3 Å². The van der Waals surface area contributed by atoms with E-state index in [1.54, 1.807) is 6.20 Å². The van der Waals surface area contributed by atoms with E-state index in [1.165, 1.54) is 19.2 Å². The van der Waals surface area contributed by atoms with Gasteiger partial charge < -0.3 is 4.74 Å². The highest BCUT2D eigenvalue weighted by molar-refractivity contribution is 9.10. The van der Waals surface area contributed by atoms with E-state index in [2.05, 4.69) is 25.9 Å². The molecule has 0 atom stereocenters. The Morgan fingerprint density at radius 2 is 2.42 bits per heavy atom. The van der Waals surface area contributed by atoms with E-state index in [1.807, 2.05) is 0 Å². The van der Waals surface area contributed by atoms with E-state index in [0.717, 1.165) is 17.0 Å². The van der Waals surface area contributed by atoms with Crippen LogP contribution < -0.4 is 4.74 Å². The van der Waals surface area contributed by atoms with E-state index >= 15 is 0 Å². The van der Waals surface area contributed by atoms with Crippen LogP contribution in [-0.4, -0.2) is 16.6 Å². The highest BCUT2D eigenvalue weighted by Gasteiger charge is 2.22. The van der Waals surface area contributed by atoms with Crippen molar-refractivity contribution in [3.63, 3.8) is 0 Å². The van der Waals surface area contributed by atoms with Gasteiger partial charge in [0.05, 0.1) is 11.1 Å². The minimum absolute atomic E-state index is 0.650. The SMILES string of the molecule is Brc1cncnc1OCC1CC1. The highest BCUT2D eigenvalue weighted by Crippen LogP contribution is 2.30. The standard InChI is InChI=1S/C8H9BrN2O/c9-7-3-10-5-11-8(7)12-4-6-1-2-6/h3,5-6H,1-2,4H2. The van der Waals surface area contributed by atoms with Gasteiger partial charge in [0.2, 0.25) is 5.88 Å². The molecule has 0 unspecified atom stereocenters. The third-order valence-corrected chi connectivity index (χ3v) is 2.33. The highest BCUT2D eigenvalue weighted by atomic mass is 79.9. The largest absolute Gasteiger partial charge is 0.476 e. The molecule has 1 aliphatic carbocycles. The second-order valence-electron chi connectivity index (χ2n) is 2.93. The van der Waals surface area contributed by atoms with E-state index in [-0.39, 0.29) is 0 Å². The molecule has 3 nitrogen and oxygen atoms in total. The van der Waals surface area contributed by atoms with Crippen LogP contribution in [0.15, 0.2) is 17.0 Å². The molecular formula is C8H9BrN2O. The van der Waals surface area contributed by atoms with Crippen molar-refractivity contribution in [2.45, 2.75) is 12.8 Å². The molecule has 0 aliphatic heterocycles. The van der Waals surface area contributed by atoms with Crippen molar-refractivity contribution in [1.29, 1.82) is 0 Å². The Morgan fingerprint density at radius 3 is 3.08 bits per heavy atom. The number of nitrogens with zero attached hydrogens (tertiary/aromatic N) is 2. The van der Waals surface area contributed by atoms with Gasteiger partial charge in [0.1, 0.15) is 6.33 Å². The zero-order valence-electron chi connectivity index (χ0n) is 6.53. The maximum Gasteiger partial charge on any atom is 0.231 e. The smallest absolute Gasteiger partial charge is 0.231 e. The summed E-state index contributed by atoms with van der Waals surface area (Å²) >= 11 is 3.32. The van der Waals surface area contributed by atoms with Gasteiger partial charge in [-0.1, -0.05) is 0 Å². The third kappa shape index (κ3) is 1.94. The summed E-state index contributed by atoms with van der Waals surface area (Å²) in [6.07, 6.45) is 5.77. The summed E-state index contributed by atoms with van der Waals surface area (Å²) in [5.74, 6) is 1.41. The van der Waals surface area contributed by atoms with Crippen LogP contribution >= 0.6 is 15.9 Å². The molecule has 0 bridgehead atoms. The quantitative estimate of drug-likeness (QED) is 0.795. The minimum Gasteiger partial charge on any atom is -0.476 e. The van der Waals surface area contributed by atoms with Gasteiger partial charge in [-0.05, 0) is 34.7 Å². The Bertz CT molecular complexity index is 276. The molecule has 1 saturated carbocycles. The Kier molecular flexibility index (Phi) is 2.26. The van der Waals surface area contributed by atoms with Gasteiger partial charge in [0, 0.05) is 6.20 Å². The van der Waals surface area contributed by atoms with Crippen LogP contribution in [0.5, 0.6) is 5.88 Å². The van der Waals surface area contributed by atoms with Gasteiger partial charge in [-0.25, -0.2) is 9.97 Å². The second kappa shape index (κ2) is 3.39. The van der Waals surface area contributed by atoms with Gasteiger partial charge in [-0.3, -0.25) is 0 Å². The molecule has 64 valence electrons. The van der Waals surface area contributed by atoms with Crippen LogP contribution in [-0.2, 0) is 0 Å². The van der Waals surface area contributed by atoms with Crippen LogP contribution in [0.4, 0.5) is 0 Å². The number of rotatable bonds is 3. The molecule has 1 aromatic heterocycles. The molecule has 0 N–H and O–H groups in total. The maximum atomic E-state index is 5.46. The fourth-order valence-electron chi connectivity index (χ4n) is 0.889. The van der Waals surface area contributed by atoms with E-state index in [9.17, 15) is 0 Å². The molecule has 0 radical (unpaired) electrons. The van der Waals surface area contributed by atoms with Crippen molar-refractivity contribution in [1.82, 2.24) is 9.97 Å². The lowest BCUT2D eigenvalue weighted by Gasteiger charge is -2.03. The van der Waals surface area contributed by atoms with Gasteiger partial charge >= 0.3 is 0 Å². The third-order valence-electron chi connectivity index (χ3n) is 1.79. The van der Waals surface area contributed by atoms with Crippen molar-refractivity contribution in [2.24, 2.45) is 5.92 Å². The molecule has 1 heterocycles. The molecule has 4 heteroatoms. The summed E-state index contributed by atoms with van der Waals surface area (Å²) in [6.45, 7) is 0.787. The molecule has 1 fully saturated rings. The number of hydrogen-bond donors (Lipinski definition) is 0. The lowest BCUT2D eigenvalue weighted by atomic mass is 10.5. The number of ether oxygens (including phenoxy) is 1. The van der Waals surface area contributed by atoms with Gasteiger partial charge in [-0.15, -0.1) is 0 Å². The summed E-state index contributed by atoms with van der Waals surface area (Å²) in [5, 5.41) is 0. The number of aromatic nitrogens is 2. The Balaban J connectivity index is 1.96. The van der Waals surface area contributed by atoms with Crippen molar-refractivity contribution in [3.8, 4) is 5.88 Å². The minimum atomic E-state index is 0.650. The predicted molar refractivity (Wildman–Crippen MR) is 48.0 cm³/mol. The molecule has 0 saturated heterocycles. The molecule has 0 amide bonds. The lowest BCUT2D eigenvalue weighted by Crippen LogP contribution is -2.01. The lowest BCUT2D eigenvalue weighted by molar-refractivity contribution is 0.286. The first-order valence-corrected chi connectivity index (χ1v) is 4.74. The van der Waals surface area contributed by atoms with Crippen LogP contribution in [0.3, 0.4) is 0 Å². The van der Waals surface area contributed by atoms with Crippen LogP contribution in [0.1, 0.15) is 12.8 Å². The van der Waals surface area contributed by atoms with Crippen LogP contribution in [0, 0.1) is 5.92 Å². The summed E-state index contributed by atoms with van der Waals surface area (Å²) in [7, 11) is 0. The van der Waals surface area contributed by atoms with Crippen LogP contribution in [0.25, 0.3) is 0 Å². The fourth-order valence-corrected chi connectivity index (χ4v) is 1.22. The first-order valence-electron chi connectivity index (χ1n) is 3.94. The summed E-state index contributed by atoms with van der Waals surface area (Å²) in [5.41, 5.74) is 0. The maximum absolute atomic E-state index is 5.46. The van der Waals surface area contributed by atoms with Gasteiger partial charge in [-0.2, -0.15) is 0 Å². The average Bonchev–Trinajstić information content (AvgIpc) is 2.86. The Morgan fingerprint density at radius 1 is 1.58 bits per heavy atom. The first-order chi connectivity index (χ1) is 5.86. The van der Waals surface area contributed by atoms with Crippen LogP contribution in [0.2, 0.25) is 0 Å². The van der Waals surface area contributed by atoms with Crippen molar-refractivity contribution < 1.29 is 4.74 Å². The number of halogens is 1. The Hall–Kier alpha value is -0.640. The van der Waals surface area contributed by atoms with E-state index < -0.39 is 0 Å². The van der Waals surface area contributed by atoms with Crippen molar-refractivity contribution in [2.75, 3.05) is 6.61 Å². The zero-order chi connectivity index (χ0) is 8.39. The average molecular weight is 229 g/mol. The first kappa shape index (κ1) is 7.98. The molecule has 12 heavy (non-hydrogen) atoms. The van der Waals surface area contributed by atoms with Gasteiger partial charge in [0.25, 0.3) is 0 Å². The molecule has 1 aliphatic rings. The second-order valence-corrected chi connectivity index (χ2v) is 3.78. The van der Waals surface area contributed by atoms with Crippen molar-refractivity contribution >= 4 is 15.9 Å². The summed E-state index contributed by atoms with van der Waals surface area (Å²) in [6, 6.07) is 0. The zero-order valence-corrected chi connectivity index (χ0v) is 8.12. The predicted octanol–water partition coefficient (Wildman–Crippen LogP) is 2.03. The molecule has 2 rings (SSSR count).